The summed E-state index contributed by atoms with van der Waals surface area (Å²) < 4.78 is 5.76. The molecular weight excluding hydrogens is 362 g/mol. The lowest BCUT2D eigenvalue weighted by Gasteiger charge is -2.33. The summed E-state index contributed by atoms with van der Waals surface area (Å²) in [5.41, 5.74) is 1.78. The molecule has 6 nitrogen and oxygen atoms in total. The Morgan fingerprint density at radius 2 is 1.83 bits per heavy atom. The van der Waals surface area contributed by atoms with E-state index >= 15 is 0 Å². The van der Waals surface area contributed by atoms with E-state index in [2.05, 4.69) is 26.3 Å². The molecule has 1 aliphatic rings. The molecule has 3 heterocycles. The summed E-state index contributed by atoms with van der Waals surface area (Å²) in [5.74, 6) is 2.61. The molecule has 0 amide bonds. The number of ether oxygens (including phenoxy) is 1. The monoisotopic (exact) mass is 389 g/mol. The van der Waals surface area contributed by atoms with Crippen LogP contribution in [0.1, 0.15) is 18.5 Å². The molecule has 0 spiro atoms. The molecule has 150 valence electrons. The fourth-order valence-corrected chi connectivity index (χ4v) is 3.58. The number of anilines is 1. The molecule has 3 aromatic rings. The van der Waals surface area contributed by atoms with Gasteiger partial charge in [0, 0.05) is 43.6 Å². The molecule has 2 aromatic heterocycles. The van der Waals surface area contributed by atoms with Crippen molar-refractivity contribution in [2.75, 3.05) is 31.1 Å². The normalized spacial score (nSPS) is 14.7. The summed E-state index contributed by atoms with van der Waals surface area (Å²) in [6.07, 6.45) is 3.96. The number of hydrogen-bond acceptors (Lipinski definition) is 6. The highest BCUT2D eigenvalue weighted by Crippen LogP contribution is 2.22. The van der Waals surface area contributed by atoms with Crippen LogP contribution < -0.4 is 15.0 Å². The first-order chi connectivity index (χ1) is 14.3. The van der Waals surface area contributed by atoms with E-state index in [9.17, 15) is 0 Å². The van der Waals surface area contributed by atoms with Crippen LogP contribution in [0.5, 0.6) is 5.75 Å². The number of benzene rings is 1. The lowest BCUT2D eigenvalue weighted by molar-refractivity contribution is 0.296. The zero-order valence-electron chi connectivity index (χ0n) is 16.8. The first-order valence-electron chi connectivity index (χ1n) is 10.2. The summed E-state index contributed by atoms with van der Waals surface area (Å²) in [6, 6.07) is 18.4. The average Bonchev–Trinajstić information content (AvgIpc) is 2.78. The highest BCUT2D eigenvalue weighted by atomic mass is 16.5. The SMILES string of the molecule is Cc1cc(N2CCC(NCCOc3ccccc3)CC2)nc(-c2ccccn2)n1. The van der Waals surface area contributed by atoms with Gasteiger partial charge in [-0.1, -0.05) is 24.3 Å². The van der Waals surface area contributed by atoms with E-state index in [1.54, 1.807) is 6.20 Å². The minimum absolute atomic E-state index is 0.517. The number of hydrogen-bond donors (Lipinski definition) is 1. The Bertz CT molecular complexity index is 896. The highest BCUT2D eigenvalue weighted by molar-refractivity contribution is 5.53. The van der Waals surface area contributed by atoms with Crippen LogP contribution >= 0.6 is 0 Å². The predicted octanol–water partition coefficient (Wildman–Crippen LogP) is 3.48. The second-order valence-electron chi connectivity index (χ2n) is 7.28. The molecule has 1 saturated heterocycles. The summed E-state index contributed by atoms with van der Waals surface area (Å²) in [7, 11) is 0. The van der Waals surface area contributed by atoms with Crippen molar-refractivity contribution in [1.29, 1.82) is 0 Å². The number of aryl methyl sites for hydroxylation is 1. The minimum atomic E-state index is 0.517. The number of para-hydroxylation sites is 1. The number of aromatic nitrogens is 3. The first kappa shape index (κ1) is 19.3. The molecule has 29 heavy (non-hydrogen) atoms. The maximum atomic E-state index is 5.76. The van der Waals surface area contributed by atoms with E-state index in [-0.39, 0.29) is 0 Å². The van der Waals surface area contributed by atoms with E-state index in [0.29, 0.717) is 18.5 Å². The minimum Gasteiger partial charge on any atom is -0.492 e. The lowest BCUT2D eigenvalue weighted by atomic mass is 10.1. The average molecular weight is 390 g/mol. The quantitative estimate of drug-likeness (QED) is 0.624. The number of rotatable bonds is 7. The Balaban J connectivity index is 1.28. The zero-order chi connectivity index (χ0) is 19.9. The molecule has 0 bridgehead atoms. The van der Waals surface area contributed by atoms with Crippen molar-refractivity contribution in [3.63, 3.8) is 0 Å². The molecule has 1 aliphatic heterocycles. The van der Waals surface area contributed by atoms with Crippen molar-refractivity contribution in [2.24, 2.45) is 0 Å². The van der Waals surface area contributed by atoms with Crippen LogP contribution in [-0.4, -0.2) is 47.2 Å². The van der Waals surface area contributed by atoms with Gasteiger partial charge in [0.05, 0.1) is 0 Å². The van der Waals surface area contributed by atoms with E-state index in [4.69, 9.17) is 9.72 Å². The second-order valence-corrected chi connectivity index (χ2v) is 7.28. The van der Waals surface area contributed by atoms with E-state index in [0.717, 1.165) is 55.4 Å². The Kier molecular flexibility index (Phi) is 6.32. The molecule has 0 aliphatic carbocycles. The maximum Gasteiger partial charge on any atom is 0.180 e. The van der Waals surface area contributed by atoms with Crippen LogP contribution in [0.3, 0.4) is 0 Å². The largest absolute Gasteiger partial charge is 0.492 e. The van der Waals surface area contributed by atoms with Gasteiger partial charge in [-0.2, -0.15) is 0 Å². The number of nitrogens with one attached hydrogen (secondary N) is 1. The van der Waals surface area contributed by atoms with Gasteiger partial charge in [0.25, 0.3) is 0 Å². The Hall–Kier alpha value is -2.99. The molecule has 1 N–H and O–H groups in total. The van der Waals surface area contributed by atoms with Crippen LogP contribution in [0.15, 0.2) is 60.8 Å². The van der Waals surface area contributed by atoms with E-state index < -0.39 is 0 Å². The molecule has 1 aromatic carbocycles. The smallest absolute Gasteiger partial charge is 0.180 e. The van der Waals surface area contributed by atoms with Crippen molar-refractivity contribution in [2.45, 2.75) is 25.8 Å². The third kappa shape index (κ3) is 5.29. The van der Waals surface area contributed by atoms with Crippen LogP contribution in [-0.2, 0) is 0 Å². The number of pyridine rings is 1. The predicted molar refractivity (Wildman–Crippen MR) is 115 cm³/mol. The van der Waals surface area contributed by atoms with Gasteiger partial charge < -0.3 is 15.0 Å². The van der Waals surface area contributed by atoms with Gasteiger partial charge in [-0.25, -0.2) is 9.97 Å². The van der Waals surface area contributed by atoms with Gasteiger partial charge in [-0.05, 0) is 44.0 Å². The standard InChI is InChI=1S/C23H27N5O/c1-18-17-22(27-23(26-18)21-9-5-6-12-25-21)28-14-10-19(11-15-28)24-13-16-29-20-7-3-2-4-8-20/h2-9,12,17,19,24H,10-11,13-16H2,1H3. The summed E-state index contributed by atoms with van der Waals surface area (Å²) in [4.78, 5) is 16.1. The lowest BCUT2D eigenvalue weighted by Crippen LogP contribution is -2.44. The molecule has 0 atom stereocenters. The van der Waals surface area contributed by atoms with Gasteiger partial charge in [0.2, 0.25) is 0 Å². The first-order valence-corrected chi connectivity index (χ1v) is 10.2. The van der Waals surface area contributed by atoms with Crippen molar-refractivity contribution in [3.8, 4) is 17.3 Å². The van der Waals surface area contributed by atoms with Gasteiger partial charge >= 0.3 is 0 Å². The molecule has 0 unspecified atom stereocenters. The molecule has 0 saturated carbocycles. The second kappa shape index (κ2) is 9.47. The fraction of sp³-hybridized carbons (Fsp3) is 0.348. The van der Waals surface area contributed by atoms with Crippen molar-refractivity contribution in [3.05, 3.63) is 66.5 Å². The van der Waals surface area contributed by atoms with Crippen molar-refractivity contribution >= 4 is 5.82 Å². The number of piperidine rings is 1. The molecule has 4 rings (SSSR count). The third-order valence-electron chi connectivity index (χ3n) is 5.10. The summed E-state index contributed by atoms with van der Waals surface area (Å²) >= 11 is 0. The van der Waals surface area contributed by atoms with Gasteiger partial charge in [-0.15, -0.1) is 0 Å². The molecule has 1 fully saturated rings. The van der Waals surface area contributed by atoms with Gasteiger partial charge in [0.1, 0.15) is 23.9 Å². The third-order valence-corrected chi connectivity index (χ3v) is 5.10. The van der Waals surface area contributed by atoms with E-state index in [1.807, 2.05) is 55.5 Å². The Labute approximate surface area is 172 Å². The van der Waals surface area contributed by atoms with Crippen LogP contribution in [0.2, 0.25) is 0 Å². The van der Waals surface area contributed by atoms with Crippen LogP contribution in [0, 0.1) is 6.92 Å². The van der Waals surface area contributed by atoms with Crippen molar-refractivity contribution < 1.29 is 4.74 Å². The topological polar surface area (TPSA) is 63.2 Å². The Morgan fingerprint density at radius 3 is 2.59 bits per heavy atom. The van der Waals surface area contributed by atoms with Crippen molar-refractivity contribution in [1.82, 2.24) is 20.3 Å². The maximum absolute atomic E-state index is 5.76. The zero-order valence-corrected chi connectivity index (χ0v) is 16.8. The molecule has 0 radical (unpaired) electrons. The van der Waals surface area contributed by atoms with Gasteiger partial charge in [-0.3, -0.25) is 4.98 Å². The Morgan fingerprint density at radius 1 is 1.03 bits per heavy atom. The summed E-state index contributed by atoms with van der Waals surface area (Å²) in [5, 5.41) is 3.62. The highest BCUT2D eigenvalue weighted by Gasteiger charge is 2.20. The molecular formula is C23H27N5O. The van der Waals surface area contributed by atoms with Crippen LogP contribution in [0.25, 0.3) is 11.5 Å². The van der Waals surface area contributed by atoms with Gasteiger partial charge in [0.15, 0.2) is 5.82 Å². The molecule has 6 heteroatoms. The van der Waals surface area contributed by atoms with E-state index in [1.165, 1.54) is 0 Å². The number of nitrogens with zero attached hydrogens (tertiary/aromatic N) is 4. The fourth-order valence-electron chi connectivity index (χ4n) is 3.58. The van der Waals surface area contributed by atoms with Crippen LogP contribution in [0.4, 0.5) is 5.82 Å². The summed E-state index contributed by atoms with van der Waals surface area (Å²) in [6.45, 7) is 5.52.